The predicted octanol–water partition coefficient (Wildman–Crippen LogP) is 10.7. The van der Waals surface area contributed by atoms with Gasteiger partial charge in [0.2, 0.25) is 0 Å². The van der Waals surface area contributed by atoms with Gasteiger partial charge in [-0.05, 0) is 67.5 Å². The molecule has 75 heavy (non-hydrogen) atoms. The summed E-state index contributed by atoms with van der Waals surface area (Å²) in [5, 5.41) is 0. The van der Waals surface area contributed by atoms with Gasteiger partial charge >= 0.3 is 0 Å². The first-order chi connectivity index (χ1) is 37.0. The molecule has 0 aliphatic rings. The minimum absolute atomic E-state index is 0.474. The molecule has 2 aromatic rings. The fourth-order valence-electron chi connectivity index (χ4n) is 8.00. The number of nitrogens with zero attached hydrogens (tertiary/aromatic N) is 1. The van der Waals surface area contributed by atoms with Crippen molar-refractivity contribution >= 4 is 0 Å². The van der Waals surface area contributed by atoms with Crippen LogP contribution in [0.4, 0.5) is 0 Å². The van der Waals surface area contributed by atoms with Crippen molar-refractivity contribution in [1.29, 1.82) is 0 Å². The average molecular weight is 1070 g/mol. The van der Waals surface area contributed by atoms with Crippen molar-refractivity contribution in [3.8, 4) is 22.6 Å². The van der Waals surface area contributed by atoms with Gasteiger partial charge in [-0.25, -0.2) is 0 Å². The molecule has 0 fully saturated rings. The Hall–Kier alpha value is -2.48. The zero-order chi connectivity index (χ0) is 53.5. The third kappa shape index (κ3) is 46.2. The Bertz CT molecular complexity index is 1440. The van der Waals surface area contributed by atoms with E-state index >= 15 is 0 Å². The summed E-state index contributed by atoms with van der Waals surface area (Å²) in [6.45, 7) is 18.1. The minimum atomic E-state index is 0.474. The molecule has 2 aromatic carbocycles. The monoisotopic (exact) mass is 1070 g/mol. The Kier molecular flexibility index (Phi) is 49.0. The molecule has 15 heteroatoms. The van der Waals surface area contributed by atoms with Crippen molar-refractivity contribution < 1.29 is 70.8 Å². The van der Waals surface area contributed by atoms with Crippen LogP contribution in [0.15, 0.2) is 48.5 Å². The van der Waals surface area contributed by atoms with Crippen LogP contribution in [0.2, 0.25) is 0 Å². The van der Waals surface area contributed by atoms with Crippen LogP contribution in [0.25, 0.3) is 11.1 Å². The Morgan fingerprint density at radius 3 is 0.800 bits per heavy atom. The lowest BCUT2D eigenvalue weighted by Crippen LogP contribution is -2.41. The second-order valence-corrected chi connectivity index (χ2v) is 19.5. The van der Waals surface area contributed by atoms with Gasteiger partial charge in [-0.1, -0.05) is 108 Å². The van der Waals surface area contributed by atoms with Crippen LogP contribution >= 0.6 is 0 Å². The van der Waals surface area contributed by atoms with E-state index in [1.54, 1.807) is 7.11 Å². The van der Waals surface area contributed by atoms with Crippen LogP contribution in [-0.4, -0.2) is 204 Å². The van der Waals surface area contributed by atoms with Gasteiger partial charge in [0, 0.05) is 7.11 Å². The molecule has 0 bridgehead atoms. The van der Waals surface area contributed by atoms with Crippen LogP contribution < -0.4 is 9.47 Å². The van der Waals surface area contributed by atoms with E-state index in [9.17, 15) is 0 Å². The topological polar surface area (TPSA) is 129 Å². The number of unbranched alkanes of at least 4 members (excludes halogenated alkanes) is 15. The van der Waals surface area contributed by atoms with Crippen molar-refractivity contribution in [2.45, 2.75) is 116 Å². The first kappa shape index (κ1) is 68.6. The summed E-state index contributed by atoms with van der Waals surface area (Å²) in [4.78, 5) is 0. The summed E-state index contributed by atoms with van der Waals surface area (Å²) in [6.07, 6.45) is 23.2. The molecular weight excluding hydrogens is 959 g/mol. The van der Waals surface area contributed by atoms with Crippen molar-refractivity contribution in [3.05, 3.63) is 48.5 Å². The Morgan fingerprint density at radius 2 is 0.507 bits per heavy atom. The second-order valence-electron chi connectivity index (χ2n) is 19.5. The van der Waals surface area contributed by atoms with Gasteiger partial charge in [0.1, 0.15) is 18.1 Å². The lowest BCUT2D eigenvalue weighted by molar-refractivity contribution is -0.890. The van der Waals surface area contributed by atoms with E-state index in [1.807, 2.05) is 12.1 Å². The molecular formula is C60H108NO14+. The fourth-order valence-corrected chi connectivity index (χ4v) is 8.00. The van der Waals surface area contributed by atoms with Gasteiger partial charge in [-0.2, -0.15) is 0 Å². The molecule has 0 aromatic heterocycles. The zero-order valence-corrected chi connectivity index (χ0v) is 47.9. The SMILES string of the molecule is CCCCCCCCCCC[N+](C)(C)CCCCCCCCCCOc1ccc(-c2ccc(OCCOCCOCCOCCOCCOCCOCCOCCOCCOCCOCCOCCOC)cc2)cc1. The highest BCUT2D eigenvalue weighted by Crippen LogP contribution is 2.25. The summed E-state index contributed by atoms with van der Waals surface area (Å²) < 4.78 is 78.7. The molecule has 0 amide bonds. The number of rotatable bonds is 60. The molecule has 0 aliphatic carbocycles. The molecule has 0 aliphatic heterocycles. The number of hydrogen-bond acceptors (Lipinski definition) is 14. The molecule has 2 rings (SSSR count). The minimum Gasteiger partial charge on any atom is -0.494 e. The van der Waals surface area contributed by atoms with Crippen molar-refractivity contribution in [2.75, 3.05) is 199 Å². The molecule has 0 atom stereocenters. The second kappa shape index (κ2) is 53.5. The molecule has 0 spiro atoms. The fraction of sp³-hybridized carbons (Fsp3) is 0.800. The molecule has 0 saturated carbocycles. The molecule has 15 nitrogen and oxygen atoms in total. The molecule has 0 radical (unpaired) electrons. The highest BCUT2D eigenvalue weighted by atomic mass is 16.6. The first-order valence-electron chi connectivity index (χ1n) is 29.2. The van der Waals surface area contributed by atoms with Gasteiger partial charge < -0.3 is 70.8 Å². The van der Waals surface area contributed by atoms with Crippen LogP contribution in [0.5, 0.6) is 11.5 Å². The number of hydrogen-bond donors (Lipinski definition) is 0. The van der Waals surface area contributed by atoms with E-state index in [0.717, 1.165) is 35.7 Å². The van der Waals surface area contributed by atoms with Gasteiger partial charge in [0.05, 0.1) is 186 Å². The normalized spacial score (nSPS) is 11.8. The number of quaternary nitrogens is 1. The average Bonchev–Trinajstić information content (AvgIpc) is 3.42. The van der Waals surface area contributed by atoms with Crippen LogP contribution in [-0.2, 0) is 56.8 Å². The van der Waals surface area contributed by atoms with Gasteiger partial charge in [-0.15, -0.1) is 0 Å². The lowest BCUT2D eigenvalue weighted by atomic mass is 10.1. The zero-order valence-electron chi connectivity index (χ0n) is 47.9. The van der Waals surface area contributed by atoms with Crippen molar-refractivity contribution in [3.63, 3.8) is 0 Å². The van der Waals surface area contributed by atoms with Crippen molar-refractivity contribution in [1.82, 2.24) is 0 Å². The Morgan fingerprint density at radius 1 is 0.267 bits per heavy atom. The standard InChI is InChI=1S/C60H108NO14/c1-5-6-7-8-9-10-13-16-19-30-61(2,3)31-20-17-14-11-12-15-18-21-32-74-59-26-22-57(23-27-59)58-24-28-60(29-25-58)75-56-55-73-54-53-72-52-51-71-50-49-70-48-47-69-46-45-68-44-43-67-42-41-66-40-39-65-38-37-64-36-35-63-34-33-62-4/h22-29H,5-21,30-56H2,1-4H3/q+1. The third-order valence-electron chi connectivity index (χ3n) is 12.5. The molecule has 0 unspecified atom stereocenters. The van der Waals surface area contributed by atoms with Gasteiger partial charge in [0.15, 0.2) is 0 Å². The van der Waals surface area contributed by atoms with E-state index in [4.69, 9.17) is 66.3 Å². The van der Waals surface area contributed by atoms with E-state index in [0.29, 0.717) is 159 Å². The lowest BCUT2D eigenvalue weighted by Gasteiger charge is -2.30. The molecule has 0 saturated heterocycles. The van der Waals surface area contributed by atoms with E-state index in [1.165, 1.54) is 120 Å². The highest BCUT2D eigenvalue weighted by Gasteiger charge is 2.13. The molecule has 436 valence electrons. The van der Waals surface area contributed by atoms with Crippen molar-refractivity contribution in [2.24, 2.45) is 0 Å². The predicted molar refractivity (Wildman–Crippen MR) is 300 cm³/mol. The quantitative estimate of drug-likeness (QED) is 0.0460. The Labute approximate surface area is 456 Å². The summed E-state index contributed by atoms with van der Waals surface area (Å²) in [6, 6.07) is 16.6. The van der Waals surface area contributed by atoms with E-state index in [-0.39, 0.29) is 0 Å². The maximum Gasteiger partial charge on any atom is 0.119 e. The summed E-state index contributed by atoms with van der Waals surface area (Å²) in [7, 11) is 6.51. The molecule has 0 N–H and O–H groups in total. The summed E-state index contributed by atoms with van der Waals surface area (Å²) in [5.74, 6) is 1.75. The number of ether oxygens (including phenoxy) is 14. The van der Waals surface area contributed by atoms with Crippen LogP contribution in [0.1, 0.15) is 116 Å². The first-order valence-corrected chi connectivity index (χ1v) is 29.2. The highest BCUT2D eigenvalue weighted by molar-refractivity contribution is 5.64. The maximum absolute atomic E-state index is 6.06. The van der Waals surface area contributed by atoms with E-state index in [2.05, 4.69) is 57.4 Å². The maximum atomic E-state index is 6.06. The van der Waals surface area contributed by atoms with Crippen LogP contribution in [0.3, 0.4) is 0 Å². The molecule has 0 heterocycles. The largest absolute Gasteiger partial charge is 0.494 e. The smallest absolute Gasteiger partial charge is 0.119 e. The number of benzene rings is 2. The summed E-state index contributed by atoms with van der Waals surface area (Å²) in [5.41, 5.74) is 2.30. The van der Waals surface area contributed by atoms with E-state index < -0.39 is 0 Å². The van der Waals surface area contributed by atoms with Gasteiger partial charge in [0.25, 0.3) is 0 Å². The number of methoxy groups -OCH3 is 1. The van der Waals surface area contributed by atoms with Gasteiger partial charge in [-0.3, -0.25) is 0 Å². The third-order valence-corrected chi connectivity index (χ3v) is 12.5. The van der Waals surface area contributed by atoms with Crippen LogP contribution in [0, 0.1) is 0 Å². The Balaban J connectivity index is 1.27. The summed E-state index contributed by atoms with van der Waals surface area (Å²) >= 11 is 0.